The molecule has 0 unspecified atom stereocenters. The quantitative estimate of drug-likeness (QED) is 0.452. The SMILES string of the molecule is O=C=NCc1ncc[nH]1. The molecule has 0 saturated heterocycles. The van der Waals surface area contributed by atoms with Crippen molar-refractivity contribution < 1.29 is 4.79 Å². The molecule has 0 fully saturated rings. The van der Waals surface area contributed by atoms with Crippen LogP contribution < -0.4 is 0 Å². The molecule has 0 amide bonds. The molecule has 0 aliphatic carbocycles. The molecule has 9 heavy (non-hydrogen) atoms. The highest BCUT2D eigenvalue weighted by molar-refractivity contribution is 5.32. The van der Waals surface area contributed by atoms with Gasteiger partial charge in [0, 0.05) is 12.4 Å². The molecule has 4 nitrogen and oxygen atoms in total. The van der Waals surface area contributed by atoms with Crippen molar-refractivity contribution in [1.29, 1.82) is 0 Å². The van der Waals surface area contributed by atoms with E-state index in [1.165, 1.54) is 6.08 Å². The average Bonchev–Trinajstić information content (AvgIpc) is 2.34. The number of H-pyrrole nitrogens is 1. The number of isocyanates is 1. The summed E-state index contributed by atoms with van der Waals surface area (Å²) in [5.41, 5.74) is 0. The predicted molar refractivity (Wildman–Crippen MR) is 30.4 cm³/mol. The largest absolute Gasteiger partial charge is 0.347 e. The number of hydrogen-bond donors (Lipinski definition) is 1. The molecule has 4 heteroatoms. The van der Waals surface area contributed by atoms with Crippen LogP contribution in [-0.4, -0.2) is 16.0 Å². The highest BCUT2D eigenvalue weighted by Gasteiger charge is 1.87. The Balaban J connectivity index is 2.57. The Labute approximate surface area is 51.6 Å². The molecule has 1 aromatic rings. The zero-order valence-electron chi connectivity index (χ0n) is 4.66. The van der Waals surface area contributed by atoms with Crippen molar-refractivity contribution in [1.82, 2.24) is 9.97 Å². The van der Waals surface area contributed by atoms with Crippen LogP contribution in [0.15, 0.2) is 17.4 Å². The van der Waals surface area contributed by atoms with Gasteiger partial charge in [0.15, 0.2) is 0 Å². The zero-order chi connectivity index (χ0) is 6.53. The van der Waals surface area contributed by atoms with Crippen LogP contribution in [0.25, 0.3) is 0 Å². The lowest BCUT2D eigenvalue weighted by molar-refractivity contribution is 0.562. The highest BCUT2D eigenvalue weighted by atomic mass is 16.1. The van der Waals surface area contributed by atoms with Crippen molar-refractivity contribution in [3.8, 4) is 0 Å². The molecule has 0 bridgehead atoms. The molecule has 46 valence electrons. The fraction of sp³-hybridized carbons (Fsp3) is 0.200. The van der Waals surface area contributed by atoms with Gasteiger partial charge in [-0.1, -0.05) is 0 Å². The summed E-state index contributed by atoms with van der Waals surface area (Å²) in [7, 11) is 0. The normalized spacial score (nSPS) is 8.44. The van der Waals surface area contributed by atoms with Gasteiger partial charge in [0.25, 0.3) is 0 Å². The van der Waals surface area contributed by atoms with Gasteiger partial charge in [0.05, 0.1) is 0 Å². The number of imidazole rings is 1. The van der Waals surface area contributed by atoms with Crippen LogP contribution in [0.1, 0.15) is 5.82 Å². The maximum atomic E-state index is 9.57. The van der Waals surface area contributed by atoms with E-state index in [2.05, 4.69) is 15.0 Å². The lowest BCUT2D eigenvalue weighted by atomic mass is 10.6. The van der Waals surface area contributed by atoms with E-state index in [1.54, 1.807) is 12.4 Å². The summed E-state index contributed by atoms with van der Waals surface area (Å²) in [6.45, 7) is 0.288. The fourth-order valence-electron chi connectivity index (χ4n) is 0.492. The van der Waals surface area contributed by atoms with Crippen molar-refractivity contribution >= 4 is 6.08 Å². The maximum absolute atomic E-state index is 9.57. The molecule has 0 aromatic carbocycles. The number of nitrogens with zero attached hydrogens (tertiary/aromatic N) is 2. The number of aromatic nitrogens is 2. The monoisotopic (exact) mass is 123 g/mol. The minimum Gasteiger partial charge on any atom is -0.347 e. The van der Waals surface area contributed by atoms with E-state index in [0.717, 1.165) is 0 Å². The third-order valence-corrected chi connectivity index (χ3v) is 0.848. The Morgan fingerprint density at radius 3 is 3.33 bits per heavy atom. The zero-order valence-corrected chi connectivity index (χ0v) is 4.66. The second-order valence-electron chi connectivity index (χ2n) is 1.44. The van der Waals surface area contributed by atoms with Gasteiger partial charge in [-0.15, -0.1) is 0 Å². The van der Waals surface area contributed by atoms with Gasteiger partial charge in [-0.25, -0.2) is 9.78 Å². The number of carbonyl (C=O) groups excluding carboxylic acids is 1. The van der Waals surface area contributed by atoms with Gasteiger partial charge < -0.3 is 4.98 Å². The summed E-state index contributed by atoms with van der Waals surface area (Å²) in [5, 5.41) is 0. The fourth-order valence-corrected chi connectivity index (χ4v) is 0.492. The van der Waals surface area contributed by atoms with Crippen molar-refractivity contribution in [3.63, 3.8) is 0 Å². The summed E-state index contributed by atoms with van der Waals surface area (Å²) in [6.07, 6.45) is 4.70. The van der Waals surface area contributed by atoms with Gasteiger partial charge in [0.2, 0.25) is 6.08 Å². The van der Waals surface area contributed by atoms with E-state index in [0.29, 0.717) is 5.82 Å². The van der Waals surface area contributed by atoms with Crippen LogP contribution in [0.5, 0.6) is 0 Å². The number of hydrogen-bond acceptors (Lipinski definition) is 3. The minimum atomic E-state index is 0.288. The van der Waals surface area contributed by atoms with Gasteiger partial charge >= 0.3 is 0 Å². The van der Waals surface area contributed by atoms with E-state index < -0.39 is 0 Å². The third kappa shape index (κ3) is 1.51. The van der Waals surface area contributed by atoms with Gasteiger partial charge in [0.1, 0.15) is 12.4 Å². The molecule has 0 saturated carbocycles. The van der Waals surface area contributed by atoms with Crippen LogP contribution in [0.3, 0.4) is 0 Å². The number of rotatable bonds is 2. The molecule has 1 rings (SSSR count). The van der Waals surface area contributed by atoms with E-state index in [9.17, 15) is 4.79 Å². The van der Waals surface area contributed by atoms with E-state index in [-0.39, 0.29) is 6.54 Å². The second kappa shape index (κ2) is 2.79. The first-order valence-electron chi connectivity index (χ1n) is 2.45. The average molecular weight is 123 g/mol. The van der Waals surface area contributed by atoms with E-state index in [1.807, 2.05) is 0 Å². The Kier molecular flexibility index (Phi) is 1.77. The molecule has 0 aliphatic heterocycles. The minimum absolute atomic E-state index is 0.288. The first kappa shape index (κ1) is 5.72. The van der Waals surface area contributed by atoms with E-state index >= 15 is 0 Å². The van der Waals surface area contributed by atoms with Crippen LogP contribution in [-0.2, 0) is 11.3 Å². The molecule has 1 heterocycles. The summed E-state index contributed by atoms with van der Waals surface area (Å²) >= 11 is 0. The molecular formula is C5H5N3O. The molecule has 0 atom stereocenters. The first-order valence-corrected chi connectivity index (χ1v) is 2.45. The van der Waals surface area contributed by atoms with Crippen LogP contribution in [0, 0.1) is 0 Å². The van der Waals surface area contributed by atoms with Crippen molar-refractivity contribution in [3.05, 3.63) is 18.2 Å². The lowest BCUT2D eigenvalue weighted by Crippen LogP contribution is -1.81. The van der Waals surface area contributed by atoms with Crippen molar-refractivity contribution in [2.24, 2.45) is 4.99 Å². The number of nitrogens with one attached hydrogen (secondary N) is 1. The van der Waals surface area contributed by atoms with Crippen LogP contribution in [0.2, 0.25) is 0 Å². The standard InChI is InChI=1S/C5H5N3O/c9-4-6-3-5-7-1-2-8-5/h1-2H,3H2,(H,7,8). The van der Waals surface area contributed by atoms with Gasteiger partial charge in [-0.05, 0) is 0 Å². The van der Waals surface area contributed by atoms with Crippen molar-refractivity contribution in [2.75, 3.05) is 0 Å². The lowest BCUT2D eigenvalue weighted by Gasteiger charge is -1.80. The Morgan fingerprint density at radius 1 is 1.89 bits per heavy atom. The number of aliphatic imine (C=N–C) groups is 1. The van der Waals surface area contributed by atoms with Crippen molar-refractivity contribution in [2.45, 2.75) is 6.54 Å². The Hall–Kier alpha value is -1.41. The first-order chi connectivity index (χ1) is 4.43. The molecule has 0 radical (unpaired) electrons. The topological polar surface area (TPSA) is 58.1 Å². The summed E-state index contributed by atoms with van der Waals surface area (Å²) in [5.74, 6) is 0.679. The molecule has 1 aromatic heterocycles. The summed E-state index contributed by atoms with van der Waals surface area (Å²) in [4.78, 5) is 19.5. The molecule has 0 aliphatic rings. The molecular weight excluding hydrogens is 118 g/mol. The molecule has 0 spiro atoms. The predicted octanol–water partition coefficient (Wildman–Crippen LogP) is 0.245. The second-order valence-corrected chi connectivity index (χ2v) is 1.44. The number of aromatic amines is 1. The maximum Gasteiger partial charge on any atom is 0.235 e. The van der Waals surface area contributed by atoms with Crippen LogP contribution >= 0.6 is 0 Å². The summed E-state index contributed by atoms with van der Waals surface area (Å²) < 4.78 is 0. The van der Waals surface area contributed by atoms with E-state index in [4.69, 9.17) is 0 Å². The Bertz CT molecular complexity index is 210. The smallest absolute Gasteiger partial charge is 0.235 e. The molecule has 1 N–H and O–H groups in total. The third-order valence-electron chi connectivity index (χ3n) is 0.848. The van der Waals surface area contributed by atoms with Gasteiger partial charge in [-0.3, -0.25) is 0 Å². The summed E-state index contributed by atoms with van der Waals surface area (Å²) in [6, 6.07) is 0. The van der Waals surface area contributed by atoms with Crippen LogP contribution in [0.4, 0.5) is 0 Å². The highest BCUT2D eigenvalue weighted by Crippen LogP contribution is 1.88. The Morgan fingerprint density at radius 2 is 2.78 bits per heavy atom. The van der Waals surface area contributed by atoms with Gasteiger partial charge in [-0.2, -0.15) is 4.99 Å².